The lowest BCUT2D eigenvalue weighted by molar-refractivity contribution is 0.0635. The van der Waals surface area contributed by atoms with E-state index < -0.39 is 17.7 Å². The van der Waals surface area contributed by atoms with E-state index in [1.54, 1.807) is 39.8 Å². The zero-order valence-electron chi connectivity index (χ0n) is 12.2. The van der Waals surface area contributed by atoms with Gasteiger partial charge in [-0.3, -0.25) is 5.32 Å². The van der Waals surface area contributed by atoms with Crippen LogP contribution in [0.3, 0.4) is 0 Å². The van der Waals surface area contributed by atoms with Gasteiger partial charge in [0.25, 0.3) is 0 Å². The van der Waals surface area contributed by atoms with Crippen LogP contribution in [0.4, 0.5) is 10.5 Å². The summed E-state index contributed by atoms with van der Waals surface area (Å²) in [5.74, 6) is -1.68. The van der Waals surface area contributed by atoms with Crippen LogP contribution >= 0.6 is 0 Å². The third-order valence-corrected chi connectivity index (χ3v) is 2.51. The zero-order valence-corrected chi connectivity index (χ0v) is 12.2. The van der Waals surface area contributed by atoms with Gasteiger partial charge >= 0.3 is 12.1 Å². The minimum absolute atomic E-state index is 0.0410. The van der Waals surface area contributed by atoms with E-state index in [0.717, 1.165) is 0 Å². The van der Waals surface area contributed by atoms with E-state index in [4.69, 9.17) is 14.3 Å². The summed E-state index contributed by atoms with van der Waals surface area (Å²) in [5, 5.41) is 12.0. The molecule has 0 atom stereocenters. The van der Waals surface area contributed by atoms with Gasteiger partial charge in [0, 0.05) is 5.69 Å². The Morgan fingerprint density at radius 3 is 2.57 bits per heavy atom. The van der Waals surface area contributed by atoms with Crippen LogP contribution in [0.1, 0.15) is 37.0 Å². The fourth-order valence-electron chi connectivity index (χ4n) is 1.75. The zero-order chi connectivity index (χ0) is 15.8. The van der Waals surface area contributed by atoms with Gasteiger partial charge in [-0.25, -0.2) is 14.6 Å². The molecule has 7 nitrogen and oxygen atoms in total. The average molecular weight is 292 g/mol. The monoisotopic (exact) mass is 292 g/mol. The van der Waals surface area contributed by atoms with E-state index in [1.165, 1.54) is 0 Å². The normalized spacial score (nSPS) is 11.4. The molecule has 0 aliphatic carbocycles. The van der Waals surface area contributed by atoms with Gasteiger partial charge in [0.2, 0.25) is 11.5 Å². The molecule has 21 heavy (non-hydrogen) atoms. The number of carbonyl (C=O) groups is 2. The molecule has 2 rings (SSSR count). The molecule has 0 fully saturated rings. The molecule has 2 aromatic rings. The number of anilines is 1. The number of aromatic carboxylic acids is 1. The molecule has 2 N–H and O–H groups in total. The number of carboxylic acids is 1. The molecule has 2 heterocycles. The number of furan rings is 1. The SMILES string of the molecule is Cc1ccc2c(NC(=O)OC(C)(C)C)c(C(=O)O)oc2n1. The highest BCUT2D eigenvalue weighted by molar-refractivity contribution is 6.07. The molecule has 0 bridgehead atoms. The molecule has 0 aliphatic rings. The van der Waals surface area contributed by atoms with E-state index in [9.17, 15) is 9.59 Å². The largest absolute Gasteiger partial charge is 0.475 e. The fraction of sp³-hybridized carbons (Fsp3) is 0.357. The van der Waals surface area contributed by atoms with Crippen molar-refractivity contribution in [2.75, 3.05) is 5.32 Å². The van der Waals surface area contributed by atoms with Crippen molar-refractivity contribution in [1.29, 1.82) is 0 Å². The summed E-state index contributed by atoms with van der Waals surface area (Å²) in [6.45, 7) is 6.89. The molecule has 0 saturated heterocycles. The number of amides is 1. The smallest absolute Gasteiger partial charge is 0.412 e. The summed E-state index contributed by atoms with van der Waals surface area (Å²) < 4.78 is 10.3. The van der Waals surface area contributed by atoms with E-state index in [1.807, 2.05) is 0 Å². The number of carboxylic acid groups (broad SMARTS) is 1. The topological polar surface area (TPSA) is 102 Å². The molecule has 0 unspecified atom stereocenters. The predicted molar refractivity (Wildman–Crippen MR) is 75.6 cm³/mol. The molecule has 0 aromatic carbocycles. The van der Waals surface area contributed by atoms with Gasteiger partial charge in [-0.15, -0.1) is 0 Å². The Balaban J connectivity index is 2.44. The van der Waals surface area contributed by atoms with Crippen LogP contribution in [0, 0.1) is 6.92 Å². The Hall–Kier alpha value is -2.57. The fourth-order valence-corrected chi connectivity index (χ4v) is 1.75. The van der Waals surface area contributed by atoms with Crippen molar-refractivity contribution in [2.45, 2.75) is 33.3 Å². The first kappa shape index (κ1) is 14.8. The third-order valence-electron chi connectivity index (χ3n) is 2.51. The molecular formula is C14H16N2O5. The van der Waals surface area contributed by atoms with Gasteiger partial charge in [-0.2, -0.15) is 0 Å². The summed E-state index contributed by atoms with van der Waals surface area (Å²) in [6.07, 6.45) is -0.756. The summed E-state index contributed by atoms with van der Waals surface area (Å²) in [5.41, 5.74) is 0.177. The van der Waals surface area contributed by atoms with Crippen molar-refractivity contribution >= 4 is 28.8 Å². The van der Waals surface area contributed by atoms with Crippen molar-refractivity contribution < 1.29 is 23.8 Å². The first-order valence-corrected chi connectivity index (χ1v) is 6.31. The molecular weight excluding hydrogens is 276 g/mol. The van der Waals surface area contributed by atoms with Crippen LogP contribution in [0.15, 0.2) is 16.5 Å². The van der Waals surface area contributed by atoms with Crippen LogP contribution < -0.4 is 5.32 Å². The second kappa shape index (κ2) is 5.08. The van der Waals surface area contributed by atoms with Crippen LogP contribution in [0.2, 0.25) is 0 Å². The van der Waals surface area contributed by atoms with Crippen molar-refractivity contribution in [1.82, 2.24) is 4.98 Å². The van der Waals surface area contributed by atoms with E-state index in [-0.39, 0.29) is 17.2 Å². The number of hydrogen-bond acceptors (Lipinski definition) is 5. The Labute approximate surface area is 120 Å². The van der Waals surface area contributed by atoms with E-state index in [2.05, 4.69) is 10.3 Å². The molecule has 0 radical (unpaired) electrons. The first-order valence-electron chi connectivity index (χ1n) is 6.31. The van der Waals surface area contributed by atoms with E-state index >= 15 is 0 Å². The highest BCUT2D eigenvalue weighted by Crippen LogP contribution is 2.30. The van der Waals surface area contributed by atoms with Crippen molar-refractivity contribution in [3.63, 3.8) is 0 Å². The third kappa shape index (κ3) is 3.31. The number of nitrogens with one attached hydrogen (secondary N) is 1. The molecule has 0 spiro atoms. The van der Waals surface area contributed by atoms with Gasteiger partial charge in [0.15, 0.2) is 0 Å². The number of hydrogen-bond donors (Lipinski definition) is 2. The van der Waals surface area contributed by atoms with Crippen molar-refractivity contribution in [2.24, 2.45) is 0 Å². The number of nitrogens with zero attached hydrogens (tertiary/aromatic N) is 1. The van der Waals surface area contributed by atoms with Crippen molar-refractivity contribution in [3.05, 3.63) is 23.6 Å². The van der Waals surface area contributed by atoms with Crippen LogP contribution in [0.5, 0.6) is 0 Å². The maximum Gasteiger partial charge on any atom is 0.412 e. The Bertz CT molecular complexity index is 712. The highest BCUT2D eigenvalue weighted by atomic mass is 16.6. The highest BCUT2D eigenvalue weighted by Gasteiger charge is 2.24. The number of carbonyl (C=O) groups excluding carboxylic acids is 1. The van der Waals surface area contributed by atoms with Gasteiger partial charge in [-0.05, 0) is 39.8 Å². The number of ether oxygens (including phenoxy) is 1. The molecule has 7 heteroatoms. The molecule has 1 amide bonds. The van der Waals surface area contributed by atoms with Gasteiger partial charge < -0.3 is 14.3 Å². The molecule has 0 aliphatic heterocycles. The number of pyridine rings is 1. The minimum atomic E-state index is -1.29. The molecule has 112 valence electrons. The number of aryl methyl sites for hydroxylation is 1. The average Bonchev–Trinajstić information content (AvgIpc) is 2.64. The van der Waals surface area contributed by atoms with Crippen molar-refractivity contribution in [3.8, 4) is 0 Å². The Kier molecular flexibility index (Phi) is 3.59. The lowest BCUT2D eigenvalue weighted by atomic mass is 10.2. The first-order chi connectivity index (χ1) is 9.67. The molecule has 2 aromatic heterocycles. The quantitative estimate of drug-likeness (QED) is 0.881. The standard InChI is InChI=1S/C14H16N2O5/c1-7-5-6-8-9(16-13(19)21-14(2,3)4)10(12(17)18)20-11(8)15-7/h5-6H,1-4H3,(H,16,19)(H,17,18). The summed E-state index contributed by atoms with van der Waals surface area (Å²) in [4.78, 5) is 27.2. The predicted octanol–water partition coefficient (Wildman–Crippen LogP) is 3.18. The molecule has 0 saturated carbocycles. The summed E-state index contributed by atoms with van der Waals surface area (Å²) >= 11 is 0. The lowest BCUT2D eigenvalue weighted by Crippen LogP contribution is -2.27. The van der Waals surface area contributed by atoms with Gasteiger partial charge in [-0.1, -0.05) is 0 Å². The lowest BCUT2D eigenvalue weighted by Gasteiger charge is -2.19. The van der Waals surface area contributed by atoms with Crippen LogP contribution in [-0.2, 0) is 4.74 Å². The van der Waals surface area contributed by atoms with Crippen LogP contribution in [-0.4, -0.2) is 27.8 Å². The summed E-state index contributed by atoms with van der Waals surface area (Å²) in [7, 11) is 0. The van der Waals surface area contributed by atoms with Gasteiger partial charge in [0.1, 0.15) is 11.3 Å². The summed E-state index contributed by atoms with van der Waals surface area (Å²) in [6, 6.07) is 3.34. The minimum Gasteiger partial charge on any atom is -0.475 e. The number of aromatic nitrogens is 1. The Morgan fingerprint density at radius 1 is 1.33 bits per heavy atom. The van der Waals surface area contributed by atoms with E-state index in [0.29, 0.717) is 11.1 Å². The number of fused-ring (bicyclic) bond motifs is 1. The second-order valence-corrected chi connectivity index (χ2v) is 5.54. The maximum absolute atomic E-state index is 11.8. The maximum atomic E-state index is 11.8. The Morgan fingerprint density at radius 2 is 2.00 bits per heavy atom. The van der Waals surface area contributed by atoms with Gasteiger partial charge in [0.05, 0.1) is 5.39 Å². The second-order valence-electron chi connectivity index (χ2n) is 5.54. The number of rotatable bonds is 2. The van der Waals surface area contributed by atoms with Crippen LogP contribution in [0.25, 0.3) is 11.1 Å².